The van der Waals surface area contributed by atoms with E-state index in [1.807, 2.05) is 6.92 Å². The van der Waals surface area contributed by atoms with Crippen molar-refractivity contribution in [1.29, 1.82) is 0 Å². The van der Waals surface area contributed by atoms with Gasteiger partial charge in [-0.2, -0.15) is 0 Å². The fourth-order valence-electron chi connectivity index (χ4n) is 3.79. The second-order valence-corrected chi connectivity index (χ2v) is 9.37. The Morgan fingerprint density at radius 1 is 1.22 bits per heavy atom. The van der Waals surface area contributed by atoms with Gasteiger partial charge in [0.15, 0.2) is 5.78 Å². The van der Waals surface area contributed by atoms with Gasteiger partial charge < -0.3 is 25.5 Å². The first kappa shape index (κ1) is 27.4. The smallest absolute Gasteiger partial charge is 0.328 e. The number of carboxylic acids is 1. The molecule has 0 saturated carbocycles. The number of carbonyl (C=O) groups is 4. The van der Waals surface area contributed by atoms with Crippen LogP contribution in [-0.4, -0.2) is 53.3 Å². The molecule has 0 aliphatic carbocycles. The molecule has 3 atom stereocenters. The number of hydrogen-bond acceptors (Lipinski definition) is 6. The van der Waals surface area contributed by atoms with Crippen molar-refractivity contribution in [2.45, 2.75) is 50.7 Å². The van der Waals surface area contributed by atoms with Gasteiger partial charge in [-0.1, -0.05) is 23.2 Å². The summed E-state index contributed by atoms with van der Waals surface area (Å²) >= 11 is 12.6. The van der Waals surface area contributed by atoms with Crippen molar-refractivity contribution in [2.24, 2.45) is 0 Å². The van der Waals surface area contributed by atoms with Crippen LogP contribution in [0.4, 0.5) is 0 Å². The van der Waals surface area contributed by atoms with Crippen molar-refractivity contribution in [3.63, 3.8) is 0 Å². The number of amides is 2. The van der Waals surface area contributed by atoms with Crippen LogP contribution in [0, 0.1) is 0 Å². The molecule has 1 unspecified atom stereocenters. The molecule has 36 heavy (non-hydrogen) atoms. The van der Waals surface area contributed by atoms with Crippen molar-refractivity contribution in [3.8, 4) is 0 Å². The summed E-state index contributed by atoms with van der Waals surface area (Å²) < 4.78 is 5.14. The maximum atomic E-state index is 12.8. The first-order valence-electron chi connectivity index (χ1n) is 11.4. The second-order valence-electron chi connectivity index (χ2n) is 8.56. The number of rotatable bonds is 11. The predicted molar refractivity (Wildman–Crippen MR) is 135 cm³/mol. The van der Waals surface area contributed by atoms with Crippen LogP contribution in [0.25, 0.3) is 6.08 Å². The highest BCUT2D eigenvalue weighted by Gasteiger charge is 2.29. The van der Waals surface area contributed by atoms with Crippen molar-refractivity contribution in [3.05, 3.63) is 63.5 Å². The fourth-order valence-corrected chi connectivity index (χ4v) is 4.49. The second kappa shape index (κ2) is 12.7. The Bertz CT molecular complexity index is 1130. The van der Waals surface area contributed by atoms with E-state index in [-0.39, 0.29) is 46.3 Å². The molecule has 2 aromatic rings. The maximum Gasteiger partial charge on any atom is 0.328 e. The largest absolute Gasteiger partial charge is 0.480 e. The van der Waals surface area contributed by atoms with E-state index < -0.39 is 24.0 Å². The number of carboxylic acid groups (broad SMARTS) is 1. The lowest BCUT2D eigenvalue weighted by atomic mass is 10.0. The van der Waals surface area contributed by atoms with Gasteiger partial charge in [-0.15, -0.1) is 0 Å². The Kier molecular flexibility index (Phi) is 9.69. The number of aryl methyl sites for hydroxylation is 1. The van der Waals surface area contributed by atoms with Crippen LogP contribution in [0.2, 0.25) is 10.0 Å². The molecule has 0 spiro atoms. The number of allylic oxidation sites excluding steroid dienone is 1. The van der Waals surface area contributed by atoms with Gasteiger partial charge in [0.25, 0.3) is 5.91 Å². The zero-order chi connectivity index (χ0) is 26.2. The van der Waals surface area contributed by atoms with E-state index in [2.05, 4.69) is 16.0 Å². The summed E-state index contributed by atoms with van der Waals surface area (Å²) in [7, 11) is 0. The molecule has 1 aromatic carbocycles. The summed E-state index contributed by atoms with van der Waals surface area (Å²) in [5.74, 6) is -2.00. The van der Waals surface area contributed by atoms with Gasteiger partial charge in [-0.3, -0.25) is 14.4 Å². The van der Waals surface area contributed by atoms with E-state index in [1.54, 1.807) is 18.2 Å². The highest BCUT2D eigenvalue weighted by Crippen LogP contribution is 2.27. The summed E-state index contributed by atoms with van der Waals surface area (Å²) in [6.45, 7) is 1.66. The maximum absolute atomic E-state index is 12.8. The van der Waals surface area contributed by atoms with Crippen molar-refractivity contribution >= 4 is 52.8 Å². The minimum atomic E-state index is -1.38. The van der Waals surface area contributed by atoms with Gasteiger partial charge in [0, 0.05) is 19.0 Å². The Balaban J connectivity index is 1.57. The first-order chi connectivity index (χ1) is 17.1. The van der Waals surface area contributed by atoms with Crippen LogP contribution in [0.1, 0.15) is 47.9 Å². The third kappa shape index (κ3) is 7.68. The number of nitrogens with one attached hydrogen (secondary N) is 3. The van der Waals surface area contributed by atoms with E-state index >= 15 is 0 Å². The van der Waals surface area contributed by atoms with Crippen molar-refractivity contribution in [2.75, 3.05) is 6.54 Å². The average Bonchev–Trinajstić information content (AvgIpc) is 3.50. The van der Waals surface area contributed by atoms with Crippen LogP contribution in [0.5, 0.6) is 0 Å². The van der Waals surface area contributed by atoms with E-state index in [0.717, 1.165) is 6.42 Å². The molecule has 192 valence electrons. The highest BCUT2D eigenvalue weighted by molar-refractivity contribution is 6.39. The zero-order valence-corrected chi connectivity index (χ0v) is 21.1. The lowest BCUT2D eigenvalue weighted by Crippen LogP contribution is -2.51. The molecule has 1 aliphatic heterocycles. The zero-order valence-electron chi connectivity index (χ0n) is 19.6. The molecule has 1 aromatic heterocycles. The van der Waals surface area contributed by atoms with Gasteiger partial charge in [0.05, 0.1) is 27.9 Å². The minimum Gasteiger partial charge on any atom is -0.480 e. The van der Waals surface area contributed by atoms with Gasteiger partial charge in [0.2, 0.25) is 5.91 Å². The Hall–Kier alpha value is -3.14. The number of furan rings is 1. The van der Waals surface area contributed by atoms with Crippen LogP contribution in [-0.2, 0) is 20.8 Å². The Labute approximate surface area is 218 Å². The highest BCUT2D eigenvalue weighted by atomic mass is 35.5. The van der Waals surface area contributed by atoms with Gasteiger partial charge >= 0.3 is 5.97 Å². The summed E-state index contributed by atoms with van der Waals surface area (Å²) in [6.07, 6.45) is 6.51. The Morgan fingerprint density at radius 2 is 1.94 bits per heavy atom. The average molecular weight is 536 g/mol. The number of aliphatic carboxylic acids is 1. The predicted octanol–water partition coefficient (Wildman–Crippen LogP) is 3.24. The SMILES string of the molecule is CC1CC[C@@H](C(=O)NC[C@H](NC(=O)c2c(Cl)cc(CCC(=O)/C=C/c3ccco3)cc2Cl)C(=O)O)N1. The van der Waals surface area contributed by atoms with Crippen LogP contribution < -0.4 is 16.0 Å². The number of carbonyl (C=O) groups excluding carboxylic acids is 3. The fraction of sp³-hybridized carbons (Fsp3) is 0.360. The van der Waals surface area contributed by atoms with E-state index in [0.29, 0.717) is 24.2 Å². The normalized spacial score (nSPS) is 18.2. The monoisotopic (exact) mass is 535 g/mol. The molecule has 2 heterocycles. The molecule has 9 nitrogen and oxygen atoms in total. The standard InChI is InChI=1S/C25H27Cl2N3O6/c1-14-4-9-20(29-14)23(32)28-13-21(25(34)35)30-24(33)22-18(26)11-15(12-19(22)27)5-6-16(31)7-8-17-3-2-10-36-17/h2-3,7-8,10-12,14,20-21,29H,4-6,9,13H2,1H3,(H,28,32)(H,30,33)(H,34,35)/b8-7+/t14?,20-,21-/m0/s1. The van der Waals surface area contributed by atoms with Gasteiger partial charge in [0.1, 0.15) is 11.8 Å². The van der Waals surface area contributed by atoms with Crippen LogP contribution >= 0.6 is 23.2 Å². The molecule has 1 fully saturated rings. The lowest BCUT2D eigenvalue weighted by molar-refractivity contribution is -0.139. The summed E-state index contributed by atoms with van der Waals surface area (Å²) in [5.41, 5.74) is 0.552. The van der Waals surface area contributed by atoms with Crippen molar-refractivity contribution < 1.29 is 28.7 Å². The van der Waals surface area contributed by atoms with Crippen LogP contribution in [0.15, 0.2) is 41.0 Å². The lowest BCUT2D eigenvalue weighted by Gasteiger charge is -2.18. The quantitative estimate of drug-likeness (QED) is 0.324. The topological polar surface area (TPSA) is 138 Å². The third-order valence-corrected chi connectivity index (χ3v) is 6.34. The Morgan fingerprint density at radius 3 is 2.53 bits per heavy atom. The molecule has 0 radical (unpaired) electrons. The molecule has 1 saturated heterocycles. The van der Waals surface area contributed by atoms with Gasteiger partial charge in [-0.05, 0) is 68.2 Å². The van der Waals surface area contributed by atoms with E-state index in [9.17, 15) is 24.3 Å². The minimum absolute atomic E-state index is 0.0193. The number of hydrogen-bond donors (Lipinski definition) is 4. The van der Waals surface area contributed by atoms with Crippen molar-refractivity contribution in [1.82, 2.24) is 16.0 Å². The number of halogens is 2. The number of benzene rings is 1. The summed E-state index contributed by atoms with van der Waals surface area (Å²) in [6, 6.07) is 4.89. The number of ketones is 1. The molecule has 1 aliphatic rings. The summed E-state index contributed by atoms with van der Waals surface area (Å²) in [5, 5.41) is 17.6. The molecule has 2 amide bonds. The van der Waals surface area contributed by atoms with E-state index in [4.69, 9.17) is 27.6 Å². The third-order valence-electron chi connectivity index (χ3n) is 5.74. The molecule has 3 rings (SSSR count). The molecular formula is C25H27Cl2N3O6. The molecule has 11 heteroatoms. The molecular weight excluding hydrogens is 509 g/mol. The van der Waals surface area contributed by atoms with Gasteiger partial charge in [-0.25, -0.2) is 4.79 Å². The molecule has 4 N–H and O–H groups in total. The first-order valence-corrected chi connectivity index (χ1v) is 12.2. The van der Waals surface area contributed by atoms with Crippen LogP contribution in [0.3, 0.4) is 0 Å². The summed E-state index contributed by atoms with van der Waals surface area (Å²) in [4.78, 5) is 48.8. The molecule has 0 bridgehead atoms. The van der Waals surface area contributed by atoms with E-state index in [1.165, 1.54) is 24.5 Å².